The van der Waals surface area contributed by atoms with Crippen LogP contribution < -0.4 is 5.32 Å². The number of aryl methyl sites for hydroxylation is 1. The summed E-state index contributed by atoms with van der Waals surface area (Å²) in [4.78, 5) is 4.36. The molecule has 0 amide bonds. The first kappa shape index (κ1) is 9.71. The molecule has 1 aliphatic heterocycles. The van der Waals surface area contributed by atoms with E-state index in [1.54, 1.807) is 0 Å². The van der Waals surface area contributed by atoms with Crippen molar-refractivity contribution >= 4 is 0 Å². The van der Waals surface area contributed by atoms with E-state index in [1.165, 1.54) is 12.1 Å². The minimum Gasteiger partial charge on any atom is -0.330 e. The normalized spacial score (nSPS) is 27.9. The standard InChI is InChI=1S/C11H19N3/c1-8-4-5-12-6-11(8)14-7-13-9(2)10(14)3/h7-8,11-12H,4-6H2,1-3H3. The zero-order chi connectivity index (χ0) is 10.1. The van der Waals surface area contributed by atoms with E-state index in [2.05, 4.69) is 35.6 Å². The summed E-state index contributed by atoms with van der Waals surface area (Å²) in [5, 5.41) is 3.45. The predicted octanol–water partition coefficient (Wildman–Crippen LogP) is 1.67. The molecule has 1 aromatic rings. The highest BCUT2D eigenvalue weighted by Crippen LogP contribution is 2.25. The maximum Gasteiger partial charge on any atom is 0.0954 e. The van der Waals surface area contributed by atoms with E-state index < -0.39 is 0 Å². The average Bonchev–Trinajstić information content (AvgIpc) is 2.49. The highest BCUT2D eigenvalue weighted by Gasteiger charge is 2.23. The molecule has 1 fully saturated rings. The first-order valence-electron chi connectivity index (χ1n) is 5.41. The van der Waals surface area contributed by atoms with Crippen LogP contribution in [0.15, 0.2) is 6.33 Å². The van der Waals surface area contributed by atoms with Crippen molar-refractivity contribution in [3.05, 3.63) is 17.7 Å². The van der Waals surface area contributed by atoms with Gasteiger partial charge in [-0.1, -0.05) is 6.92 Å². The molecule has 78 valence electrons. The van der Waals surface area contributed by atoms with Crippen molar-refractivity contribution in [2.45, 2.75) is 33.2 Å². The summed E-state index contributed by atoms with van der Waals surface area (Å²) in [6.45, 7) is 8.80. The Morgan fingerprint density at radius 3 is 2.86 bits per heavy atom. The maximum atomic E-state index is 4.36. The smallest absolute Gasteiger partial charge is 0.0954 e. The predicted molar refractivity (Wildman–Crippen MR) is 57.4 cm³/mol. The first-order valence-corrected chi connectivity index (χ1v) is 5.41. The van der Waals surface area contributed by atoms with Gasteiger partial charge in [-0.25, -0.2) is 4.98 Å². The summed E-state index contributed by atoms with van der Waals surface area (Å²) >= 11 is 0. The largest absolute Gasteiger partial charge is 0.330 e. The van der Waals surface area contributed by atoms with Gasteiger partial charge < -0.3 is 9.88 Å². The number of hydrogen-bond acceptors (Lipinski definition) is 2. The Kier molecular flexibility index (Phi) is 2.59. The highest BCUT2D eigenvalue weighted by molar-refractivity contribution is 5.10. The van der Waals surface area contributed by atoms with Crippen molar-refractivity contribution in [1.29, 1.82) is 0 Å². The number of hydrogen-bond donors (Lipinski definition) is 1. The third-order valence-corrected chi connectivity index (χ3v) is 3.43. The van der Waals surface area contributed by atoms with E-state index in [0.29, 0.717) is 6.04 Å². The van der Waals surface area contributed by atoms with Crippen LogP contribution in [-0.2, 0) is 0 Å². The fourth-order valence-electron chi connectivity index (χ4n) is 2.20. The van der Waals surface area contributed by atoms with Crippen LogP contribution in [0.25, 0.3) is 0 Å². The minimum absolute atomic E-state index is 0.588. The summed E-state index contributed by atoms with van der Waals surface area (Å²) in [7, 11) is 0. The second-order valence-electron chi connectivity index (χ2n) is 4.36. The Morgan fingerprint density at radius 1 is 1.50 bits per heavy atom. The highest BCUT2D eigenvalue weighted by atomic mass is 15.1. The van der Waals surface area contributed by atoms with Gasteiger partial charge in [-0.15, -0.1) is 0 Å². The number of rotatable bonds is 1. The zero-order valence-corrected chi connectivity index (χ0v) is 9.25. The van der Waals surface area contributed by atoms with Gasteiger partial charge in [0.1, 0.15) is 0 Å². The molecular formula is C11H19N3. The van der Waals surface area contributed by atoms with Crippen LogP contribution in [-0.4, -0.2) is 22.6 Å². The van der Waals surface area contributed by atoms with E-state index >= 15 is 0 Å². The molecule has 0 spiro atoms. The summed E-state index contributed by atoms with van der Waals surface area (Å²) in [6, 6.07) is 0.588. The number of nitrogens with one attached hydrogen (secondary N) is 1. The molecule has 1 aromatic heterocycles. The molecule has 0 radical (unpaired) electrons. The van der Waals surface area contributed by atoms with Crippen LogP contribution in [0.3, 0.4) is 0 Å². The molecule has 1 aliphatic rings. The molecule has 0 aromatic carbocycles. The molecule has 2 atom stereocenters. The van der Waals surface area contributed by atoms with E-state index in [4.69, 9.17) is 0 Å². The lowest BCUT2D eigenvalue weighted by atomic mass is 9.94. The van der Waals surface area contributed by atoms with Crippen molar-refractivity contribution in [3.63, 3.8) is 0 Å². The third kappa shape index (κ3) is 1.57. The number of nitrogens with zero attached hydrogens (tertiary/aromatic N) is 2. The average molecular weight is 193 g/mol. The van der Waals surface area contributed by atoms with Crippen LogP contribution in [0, 0.1) is 19.8 Å². The molecule has 0 aliphatic carbocycles. The van der Waals surface area contributed by atoms with Crippen molar-refractivity contribution in [2.75, 3.05) is 13.1 Å². The summed E-state index contributed by atoms with van der Waals surface area (Å²) in [5.74, 6) is 0.753. The Bertz CT molecular complexity index is 316. The van der Waals surface area contributed by atoms with Crippen LogP contribution in [0.1, 0.15) is 30.8 Å². The van der Waals surface area contributed by atoms with Gasteiger partial charge in [0.15, 0.2) is 0 Å². The summed E-state index contributed by atoms with van der Waals surface area (Å²) in [6.07, 6.45) is 3.25. The molecule has 3 nitrogen and oxygen atoms in total. The first-order chi connectivity index (χ1) is 6.70. The Hall–Kier alpha value is -0.830. The second kappa shape index (κ2) is 3.73. The Balaban J connectivity index is 2.24. The molecule has 1 N–H and O–H groups in total. The molecule has 14 heavy (non-hydrogen) atoms. The molecule has 2 heterocycles. The van der Waals surface area contributed by atoms with Gasteiger partial charge in [-0.2, -0.15) is 0 Å². The zero-order valence-electron chi connectivity index (χ0n) is 9.25. The molecule has 3 heteroatoms. The van der Waals surface area contributed by atoms with Gasteiger partial charge in [0.2, 0.25) is 0 Å². The van der Waals surface area contributed by atoms with Crippen molar-refractivity contribution in [3.8, 4) is 0 Å². The van der Waals surface area contributed by atoms with E-state index in [-0.39, 0.29) is 0 Å². The molecule has 2 rings (SSSR count). The van der Waals surface area contributed by atoms with Crippen LogP contribution >= 0.6 is 0 Å². The third-order valence-electron chi connectivity index (χ3n) is 3.43. The summed E-state index contributed by atoms with van der Waals surface area (Å²) < 4.78 is 2.33. The van der Waals surface area contributed by atoms with Crippen molar-refractivity contribution < 1.29 is 0 Å². The van der Waals surface area contributed by atoms with Gasteiger partial charge in [0.05, 0.1) is 12.0 Å². The summed E-state index contributed by atoms with van der Waals surface area (Å²) in [5.41, 5.74) is 2.47. The van der Waals surface area contributed by atoms with Crippen LogP contribution in [0.4, 0.5) is 0 Å². The van der Waals surface area contributed by atoms with Crippen LogP contribution in [0.5, 0.6) is 0 Å². The topological polar surface area (TPSA) is 29.9 Å². The Labute approximate surface area is 85.5 Å². The van der Waals surface area contributed by atoms with Gasteiger partial charge in [0, 0.05) is 18.3 Å². The maximum absolute atomic E-state index is 4.36. The molecule has 0 saturated carbocycles. The van der Waals surface area contributed by atoms with Gasteiger partial charge >= 0.3 is 0 Å². The van der Waals surface area contributed by atoms with E-state index in [1.807, 2.05) is 6.33 Å². The molecule has 0 bridgehead atoms. The molecule has 2 unspecified atom stereocenters. The molecule has 1 saturated heterocycles. The lowest BCUT2D eigenvalue weighted by Crippen LogP contribution is -2.37. The van der Waals surface area contributed by atoms with Gasteiger partial charge in [0.25, 0.3) is 0 Å². The minimum atomic E-state index is 0.588. The van der Waals surface area contributed by atoms with Crippen molar-refractivity contribution in [1.82, 2.24) is 14.9 Å². The fraction of sp³-hybridized carbons (Fsp3) is 0.727. The number of aromatic nitrogens is 2. The van der Waals surface area contributed by atoms with Crippen molar-refractivity contribution in [2.24, 2.45) is 5.92 Å². The Morgan fingerprint density at radius 2 is 2.29 bits per heavy atom. The number of imidazole rings is 1. The lowest BCUT2D eigenvalue weighted by Gasteiger charge is -2.31. The fourth-order valence-corrected chi connectivity index (χ4v) is 2.20. The molecular weight excluding hydrogens is 174 g/mol. The quantitative estimate of drug-likeness (QED) is 0.735. The second-order valence-corrected chi connectivity index (χ2v) is 4.36. The monoisotopic (exact) mass is 193 g/mol. The van der Waals surface area contributed by atoms with E-state index in [0.717, 1.165) is 24.7 Å². The van der Waals surface area contributed by atoms with Crippen LogP contribution in [0.2, 0.25) is 0 Å². The lowest BCUT2D eigenvalue weighted by molar-refractivity contribution is 0.271. The van der Waals surface area contributed by atoms with Gasteiger partial charge in [-0.05, 0) is 32.7 Å². The SMILES string of the molecule is Cc1ncn(C2CNCCC2C)c1C. The number of piperidine rings is 1. The van der Waals surface area contributed by atoms with Gasteiger partial charge in [-0.3, -0.25) is 0 Å². The van der Waals surface area contributed by atoms with E-state index in [9.17, 15) is 0 Å².